The topological polar surface area (TPSA) is 66.9 Å². The van der Waals surface area contributed by atoms with Crippen LogP contribution in [0, 0.1) is 0 Å². The first-order valence-corrected chi connectivity index (χ1v) is 6.60. The van der Waals surface area contributed by atoms with Crippen LogP contribution in [-0.4, -0.2) is 29.0 Å². The molecule has 2 N–H and O–H groups in total. The second kappa shape index (κ2) is 6.33. The van der Waals surface area contributed by atoms with Crippen molar-refractivity contribution in [3.05, 3.63) is 18.1 Å². The zero-order chi connectivity index (χ0) is 12.8. The molecule has 0 aromatic carbocycles. The van der Waals surface area contributed by atoms with Crippen LogP contribution in [0.25, 0.3) is 0 Å². The number of anilines is 1. The van der Waals surface area contributed by atoms with Crippen LogP contribution in [0.1, 0.15) is 49.0 Å². The van der Waals surface area contributed by atoms with Crippen LogP contribution in [0.5, 0.6) is 0 Å². The first kappa shape index (κ1) is 12.8. The Kier molecular flexibility index (Phi) is 4.50. The number of aromatic nitrogens is 2. The van der Waals surface area contributed by atoms with Crippen LogP contribution in [0.3, 0.4) is 0 Å². The van der Waals surface area contributed by atoms with Gasteiger partial charge in [0, 0.05) is 13.1 Å². The molecule has 98 valence electrons. The molecule has 0 unspecified atom stereocenters. The van der Waals surface area contributed by atoms with E-state index in [-0.39, 0.29) is 5.91 Å². The summed E-state index contributed by atoms with van der Waals surface area (Å²) in [4.78, 5) is 20.2. The molecule has 0 radical (unpaired) electrons. The van der Waals surface area contributed by atoms with E-state index in [0.717, 1.165) is 12.8 Å². The highest BCUT2D eigenvalue weighted by atomic mass is 16.1. The second-order valence-corrected chi connectivity index (χ2v) is 4.70. The molecule has 0 bridgehead atoms. The fraction of sp³-hybridized carbons (Fsp3) is 0.615. The van der Waals surface area contributed by atoms with Gasteiger partial charge in [-0.2, -0.15) is 0 Å². The molecule has 1 fully saturated rings. The lowest BCUT2D eigenvalue weighted by atomic mass is 10.1. The van der Waals surface area contributed by atoms with Crippen molar-refractivity contribution in [1.29, 1.82) is 0 Å². The molecular formula is C13H20N4O. The Morgan fingerprint density at radius 3 is 2.61 bits per heavy atom. The van der Waals surface area contributed by atoms with E-state index in [1.807, 2.05) is 0 Å². The Morgan fingerprint density at radius 2 is 1.94 bits per heavy atom. The number of hydrogen-bond donors (Lipinski definition) is 2. The zero-order valence-corrected chi connectivity index (χ0v) is 10.8. The Hall–Kier alpha value is -1.65. The van der Waals surface area contributed by atoms with Gasteiger partial charge in [-0.15, -0.1) is 0 Å². The van der Waals surface area contributed by atoms with Crippen molar-refractivity contribution >= 4 is 11.7 Å². The third kappa shape index (κ3) is 3.42. The van der Waals surface area contributed by atoms with Gasteiger partial charge < -0.3 is 10.6 Å². The summed E-state index contributed by atoms with van der Waals surface area (Å²) in [6, 6.07) is 0.292. The summed E-state index contributed by atoms with van der Waals surface area (Å²) in [7, 11) is 1.76. The molecule has 1 aliphatic rings. The number of rotatable bonds is 3. The molecule has 1 amide bonds. The zero-order valence-electron chi connectivity index (χ0n) is 10.8. The van der Waals surface area contributed by atoms with Crippen LogP contribution in [0.2, 0.25) is 0 Å². The van der Waals surface area contributed by atoms with Crippen molar-refractivity contribution < 1.29 is 4.79 Å². The number of nitrogens with one attached hydrogen (secondary N) is 2. The fourth-order valence-electron chi connectivity index (χ4n) is 2.28. The summed E-state index contributed by atoms with van der Waals surface area (Å²) in [5.41, 5.74) is 0.381. The minimum absolute atomic E-state index is 0.119. The van der Waals surface area contributed by atoms with E-state index < -0.39 is 0 Å². The Balaban J connectivity index is 1.97. The molecule has 0 atom stereocenters. The van der Waals surface area contributed by atoms with E-state index in [1.54, 1.807) is 13.2 Å². The van der Waals surface area contributed by atoms with E-state index in [1.165, 1.54) is 31.9 Å². The average molecular weight is 248 g/mol. The molecule has 0 aliphatic heterocycles. The van der Waals surface area contributed by atoms with Crippen molar-refractivity contribution in [3.8, 4) is 0 Å². The van der Waals surface area contributed by atoms with Crippen molar-refractivity contribution in [3.63, 3.8) is 0 Å². The number of carbonyl (C=O) groups excluding carboxylic acids is 1. The highest BCUT2D eigenvalue weighted by molar-refractivity contribution is 5.92. The van der Waals surface area contributed by atoms with E-state index in [4.69, 9.17) is 0 Å². The van der Waals surface area contributed by atoms with Gasteiger partial charge in [0.05, 0.1) is 12.4 Å². The predicted molar refractivity (Wildman–Crippen MR) is 70.5 cm³/mol. The normalized spacial score (nSPS) is 16.9. The van der Waals surface area contributed by atoms with Crippen LogP contribution in [0.15, 0.2) is 12.4 Å². The Labute approximate surface area is 107 Å². The Morgan fingerprint density at radius 1 is 1.22 bits per heavy atom. The summed E-state index contributed by atoms with van der Waals surface area (Å²) in [6.45, 7) is 0. The van der Waals surface area contributed by atoms with E-state index in [9.17, 15) is 4.79 Å². The summed E-state index contributed by atoms with van der Waals surface area (Å²) < 4.78 is 0. The summed E-state index contributed by atoms with van der Waals surface area (Å²) in [6.07, 6.45) is 10.2. The van der Waals surface area contributed by atoms with Gasteiger partial charge in [-0.3, -0.25) is 9.78 Å². The maximum atomic E-state index is 12.1. The summed E-state index contributed by atoms with van der Waals surface area (Å²) >= 11 is 0. The molecule has 1 saturated carbocycles. The largest absolute Gasteiger partial charge is 0.372 e. The van der Waals surface area contributed by atoms with Crippen LogP contribution in [-0.2, 0) is 0 Å². The number of nitrogens with zero attached hydrogens (tertiary/aromatic N) is 2. The van der Waals surface area contributed by atoms with Gasteiger partial charge in [0.2, 0.25) is 0 Å². The van der Waals surface area contributed by atoms with Gasteiger partial charge in [0.15, 0.2) is 0 Å². The molecule has 2 rings (SSSR count). The molecule has 5 heteroatoms. The first-order valence-electron chi connectivity index (χ1n) is 6.60. The van der Waals surface area contributed by atoms with Crippen molar-refractivity contribution in [1.82, 2.24) is 15.3 Å². The number of carbonyl (C=O) groups is 1. The standard InChI is InChI=1S/C13H20N4O/c1-14-12-9-15-8-11(17-12)13(18)16-10-6-4-2-3-5-7-10/h8-10H,2-7H2,1H3,(H,14,17)(H,16,18). The van der Waals surface area contributed by atoms with Crippen LogP contribution in [0.4, 0.5) is 5.82 Å². The van der Waals surface area contributed by atoms with Crippen LogP contribution >= 0.6 is 0 Å². The molecule has 1 aromatic heterocycles. The fourth-order valence-corrected chi connectivity index (χ4v) is 2.28. The quantitative estimate of drug-likeness (QED) is 0.803. The summed E-state index contributed by atoms with van der Waals surface area (Å²) in [5.74, 6) is 0.495. The van der Waals surface area contributed by atoms with Crippen LogP contribution < -0.4 is 10.6 Å². The second-order valence-electron chi connectivity index (χ2n) is 4.70. The SMILES string of the molecule is CNc1cncc(C(=O)NC2CCCCCC2)n1. The minimum Gasteiger partial charge on any atom is -0.372 e. The third-order valence-electron chi connectivity index (χ3n) is 3.31. The molecule has 1 aliphatic carbocycles. The van der Waals surface area contributed by atoms with Crippen molar-refractivity contribution in [2.75, 3.05) is 12.4 Å². The minimum atomic E-state index is -0.119. The number of hydrogen-bond acceptors (Lipinski definition) is 4. The average Bonchev–Trinajstić information content (AvgIpc) is 2.67. The Bertz CT molecular complexity index is 400. The molecule has 18 heavy (non-hydrogen) atoms. The van der Waals surface area contributed by atoms with Crippen molar-refractivity contribution in [2.24, 2.45) is 0 Å². The van der Waals surface area contributed by atoms with Gasteiger partial charge in [0.1, 0.15) is 11.5 Å². The van der Waals surface area contributed by atoms with Gasteiger partial charge in [-0.1, -0.05) is 25.7 Å². The first-order chi connectivity index (χ1) is 8.79. The van der Waals surface area contributed by atoms with Gasteiger partial charge in [0.25, 0.3) is 5.91 Å². The lowest BCUT2D eigenvalue weighted by molar-refractivity contribution is 0.0928. The monoisotopic (exact) mass is 248 g/mol. The lowest BCUT2D eigenvalue weighted by Gasteiger charge is -2.15. The molecule has 1 heterocycles. The molecule has 5 nitrogen and oxygen atoms in total. The lowest BCUT2D eigenvalue weighted by Crippen LogP contribution is -2.35. The maximum absolute atomic E-state index is 12.1. The van der Waals surface area contributed by atoms with E-state index >= 15 is 0 Å². The molecule has 0 saturated heterocycles. The highest BCUT2D eigenvalue weighted by Crippen LogP contribution is 2.17. The van der Waals surface area contributed by atoms with E-state index in [0.29, 0.717) is 17.6 Å². The highest BCUT2D eigenvalue weighted by Gasteiger charge is 2.16. The molecular weight excluding hydrogens is 228 g/mol. The van der Waals surface area contributed by atoms with Gasteiger partial charge in [-0.25, -0.2) is 4.98 Å². The third-order valence-corrected chi connectivity index (χ3v) is 3.31. The molecule has 1 aromatic rings. The van der Waals surface area contributed by atoms with Crippen molar-refractivity contribution in [2.45, 2.75) is 44.6 Å². The number of amides is 1. The van der Waals surface area contributed by atoms with Gasteiger partial charge in [-0.05, 0) is 12.8 Å². The van der Waals surface area contributed by atoms with Gasteiger partial charge >= 0.3 is 0 Å². The van der Waals surface area contributed by atoms with E-state index in [2.05, 4.69) is 20.6 Å². The molecule has 0 spiro atoms. The smallest absolute Gasteiger partial charge is 0.271 e. The summed E-state index contributed by atoms with van der Waals surface area (Å²) in [5, 5.41) is 5.94. The maximum Gasteiger partial charge on any atom is 0.271 e. The predicted octanol–water partition coefficient (Wildman–Crippen LogP) is 1.97.